The third-order valence-corrected chi connectivity index (χ3v) is 3.83. The van der Waals surface area contributed by atoms with Crippen molar-refractivity contribution in [2.75, 3.05) is 0 Å². The zero-order chi connectivity index (χ0) is 12.0. The van der Waals surface area contributed by atoms with Crippen molar-refractivity contribution in [3.05, 3.63) is 35.0 Å². The maximum Gasteiger partial charge on any atom is 0.235 e. The van der Waals surface area contributed by atoms with Crippen LogP contribution in [0.2, 0.25) is 0 Å². The molecule has 1 aromatic heterocycles. The summed E-state index contributed by atoms with van der Waals surface area (Å²) in [6, 6.07) is 6.29. The number of H-pyrrole nitrogens is 1. The van der Waals surface area contributed by atoms with Gasteiger partial charge >= 0.3 is 0 Å². The summed E-state index contributed by atoms with van der Waals surface area (Å²) in [4.78, 5) is 17.8. The Morgan fingerprint density at radius 1 is 1.35 bits per heavy atom. The number of aryl methyl sites for hydroxylation is 2. The van der Waals surface area contributed by atoms with Crippen molar-refractivity contribution in [1.29, 1.82) is 0 Å². The van der Waals surface area contributed by atoms with Gasteiger partial charge in [-0.05, 0) is 49.9 Å². The molecule has 1 N–H and O–H groups in total. The van der Waals surface area contributed by atoms with Gasteiger partial charge in [0.25, 0.3) is 0 Å². The normalized spacial score (nSPS) is 16.8. The first kappa shape index (κ1) is 10.3. The third-order valence-electron chi connectivity index (χ3n) is 3.83. The molecule has 0 atom stereocenters. The van der Waals surface area contributed by atoms with E-state index in [-0.39, 0.29) is 5.54 Å². The van der Waals surface area contributed by atoms with Gasteiger partial charge in [-0.15, -0.1) is 0 Å². The first-order valence-corrected chi connectivity index (χ1v) is 5.85. The molecule has 0 radical (unpaired) electrons. The quantitative estimate of drug-likeness (QED) is 0.620. The van der Waals surface area contributed by atoms with Gasteiger partial charge in [0.2, 0.25) is 6.08 Å². The Balaban J connectivity index is 2.20. The average Bonchev–Trinajstić information content (AvgIpc) is 3.04. The molecule has 17 heavy (non-hydrogen) atoms. The Bertz CT molecular complexity index is 644. The molecule has 1 fully saturated rings. The number of aromatic nitrogens is 1. The Labute approximate surface area is 99.6 Å². The Kier molecular flexibility index (Phi) is 2.01. The smallest absolute Gasteiger partial charge is 0.235 e. The Hall–Kier alpha value is -1.86. The van der Waals surface area contributed by atoms with Crippen molar-refractivity contribution in [1.82, 2.24) is 4.98 Å². The van der Waals surface area contributed by atoms with E-state index >= 15 is 0 Å². The lowest BCUT2D eigenvalue weighted by Gasteiger charge is -2.08. The van der Waals surface area contributed by atoms with E-state index in [2.05, 4.69) is 42.0 Å². The number of benzene rings is 1. The molecular formula is C14H14N2O. The van der Waals surface area contributed by atoms with E-state index in [1.54, 1.807) is 6.08 Å². The van der Waals surface area contributed by atoms with Crippen molar-refractivity contribution in [2.45, 2.75) is 32.2 Å². The van der Waals surface area contributed by atoms with Gasteiger partial charge in [-0.25, -0.2) is 4.79 Å². The van der Waals surface area contributed by atoms with Gasteiger partial charge in [-0.1, -0.05) is 6.07 Å². The fourth-order valence-electron chi connectivity index (χ4n) is 2.42. The summed E-state index contributed by atoms with van der Waals surface area (Å²) in [5.41, 5.74) is 4.48. The number of fused-ring (bicyclic) bond motifs is 1. The molecule has 0 unspecified atom stereocenters. The lowest BCUT2D eigenvalue weighted by Crippen LogP contribution is -2.01. The summed E-state index contributed by atoms with van der Waals surface area (Å²) in [5.74, 6) is 0. The van der Waals surface area contributed by atoms with Gasteiger partial charge in [0.05, 0.1) is 5.54 Å². The van der Waals surface area contributed by atoms with Gasteiger partial charge < -0.3 is 4.98 Å². The monoisotopic (exact) mass is 226 g/mol. The molecule has 3 rings (SSSR count). The van der Waals surface area contributed by atoms with Crippen molar-refractivity contribution in [3.63, 3.8) is 0 Å². The summed E-state index contributed by atoms with van der Waals surface area (Å²) in [6.45, 7) is 4.19. The molecule has 0 aliphatic heterocycles. The van der Waals surface area contributed by atoms with Crippen molar-refractivity contribution in [2.24, 2.45) is 4.99 Å². The zero-order valence-electron chi connectivity index (χ0n) is 10.0. The van der Waals surface area contributed by atoms with E-state index < -0.39 is 0 Å². The number of rotatable bonds is 2. The summed E-state index contributed by atoms with van der Waals surface area (Å²) in [6.07, 6.45) is 3.61. The topological polar surface area (TPSA) is 45.2 Å². The van der Waals surface area contributed by atoms with Crippen LogP contribution < -0.4 is 0 Å². The highest BCUT2D eigenvalue weighted by molar-refractivity contribution is 5.85. The lowest BCUT2D eigenvalue weighted by atomic mass is 10.0. The minimum Gasteiger partial charge on any atom is -0.358 e. The predicted octanol–water partition coefficient (Wildman–Crippen LogP) is 3.11. The summed E-state index contributed by atoms with van der Waals surface area (Å²) in [5, 5.41) is 1.23. The van der Waals surface area contributed by atoms with Crippen LogP contribution in [0.5, 0.6) is 0 Å². The second kappa shape index (κ2) is 3.31. The van der Waals surface area contributed by atoms with E-state index in [0.29, 0.717) is 0 Å². The third kappa shape index (κ3) is 1.43. The first-order valence-electron chi connectivity index (χ1n) is 5.85. The van der Waals surface area contributed by atoms with Crippen LogP contribution in [0, 0.1) is 13.8 Å². The van der Waals surface area contributed by atoms with Crippen LogP contribution in [0.15, 0.2) is 23.2 Å². The molecule has 1 aliphatic rings. The van der Waals surface area contributed by atoms with Gasteiger partial charge in [-0.2, -0.15) is 4.99 Å². The number of nitrogens with zero attached hydrogens (tertiary/aromatic N) is 1. The van der Waals surface area contributed by atoms with Crippen molar-refractivity contribution in [3.8, 4) is 0 Å². The van der Waals surface area contributed by atoms with Crippen molar-refractivity contribution >= 4 is 17.0 Å². The molecule has 0 bridgehead atoms. The predicted molar refractivity (Wildman–Crippen MR) is 66.8 cm³/mol. The first-order chi connectivity index (χ1) is 8.16. The molecule has 86 valence electrons. The fourth-order valence-corrected chi connectivity index (χ4v) is 2.42. The molecule has 1 aromatic carbocycles. The Morgan fingerprint density at radius 2 is 2.12 bits per heavy atom. The summed E-state index contributed by atoms with van der Waals surface area (Å²) >= 11 is 0. The van der Waals surface area contributed by atoms with E-state index in [1.807, 2.05) is 0 Å². The second-order valence-corrected chi connectivity index (χ2v) is 4.87. The highest BCUT2D eigenvalue weighted by atomic mass is 16.1. The average molecular weight is 226 g/mol. The highest BCUT2D eigenvalue weighted by Gasteiger charge is 2.44. The number of isocyanates is 1. The van der Waals surface area contributed by atoms with Gasteiger partial charge in [-0.3, -0.25) is 0 Å². The number of carbonyl (C=O) groups excluding carboxylic acids is 1. The molecule has 1 saturated carbocycles. The van der Waals surface area contributed by atoms with Crippen LogP contribution in [-0.4, -0.2) is 11.1 Å². The molecule has 1 heterocycles. The summed E-state index contributed by atoms with van der Waals surface area (Å²) in [7, 11) is 0. The van der Waals surface area contributed by atoms with Crippen LogP contribution in [0.1, 0.15) is 29.7 Å². The molecule has 0 saturated heterocycles. The Morgan fingerprint density at radius 3 is 2.76 bits per heavy atom. The maximum atomic E-state index is 10.5. The minimum atomic E-state index is -0.270. The largest absolute Gasteiger partial charge is 0.358 e. The van der Waals surface area contributed by atoms with E-state index in [9.17, 15) is 4.79 Å². The molecule has 3 nitrogen and oxygen atoms in total. The molecular weight excluding hydrogens is 212 g/mol. The van der Waals surface area contributed by atoms with Gasteiger partial charge in [0, 0.05) is 16.6 Å². The SMILES string of the molecule is Cc1[nH]c2ccc(C3(N=C=O)CC3)cc2c1C. The van der Waals surface area contributed by atoms with Gasteiger partial charge in [0.1, 0.15) is 0 Å². The van der Waals surface area contributed by atoms with Crippen LogP contribution in [0.3, 0.4) is 0 Å². The molecule has 2 aromatic rings. The standard InChI is InChI=1S/C14H14N2O/c1-9-10(2)16-13-4-3-11(7-12(9)13)14(5-6-14)15-8-17/h3-4,7,16H,5-6H2,1-2H3. The van der Waals surface area contributed by atoms with Crippen molar-refractivity contribution < 1.29 is 4.79 Å². The minimum absolute atomic E-state index is 0.270. The molecule has 3 heteroatoms. The van der Waals surface area contributed by atoms with E-state index in [1.165, 1.54) is 16.6 Å². The van der Waals surface area contributed by atoms with E-state index in [0.717, 1.165) is 23.9 Å². The van der Waals surface area contributed by atoms with Crippen LogP contribution in [-0.2, 0) is 10.3 Å². The fraction of sp³-hybridized carbons (Fsp3) is 0.357. The molecule has 1 aliphatic carbocycles. The van der Waals surface area contributed by atoms with Gasteiger partial charge in [0.15, 0.2) is 0 Å². The van der Waals surface area contributed by atoms with Crippen LogP contribution in [0.25, 0.3) is 10.9 Å². The number of aromatic amines is 1. The molecule has 0 amide bonds. The molecule has 0 spiro atoms. The number of nitrogens with one attached hydrogen (secondary N) is 1. The summed E-state index contributed by atoms with van der Waals surface area (Å²) < 4.78 is 0. The number of aliphatic imine (C=N–C) groups is 1. The van der Waals surface area contributed by atoms with Crippen LogP contribution >= 0.6 is 0 Å². The van der Waals surface area contributed by atoms with Crippen LogP contribution in [0.4, 0.5) is 0 Å². The number of hydrogen-bond donors (Lipinski definition) is 1. The number of hydrogen-bond acceptors (Lipinski definition) is 2. The maximum absolute atomic E-state index is 10.5. The highest BCUT2D eigenvalue weighted by Crippen LogP contribution is 2.49. The zero-order valence-corrected chi connectivity index (χ0v) is 10.0. The van der Waals surface area contributed by atoms with E-state index in [4.69, 9.17) is 0 Å². The lowest BCUT2D eigenvalue weighted by molar-refractivity contribution is 0.556. The second-order valence-electron chi connectivity index (χ2n) is 4.87.